The molecule has 1 saturated heterocycles. The second-order valence-electron chi connectivity index (χ2n) is 2.76. The number of aliphatic hydroxyl groups is 3. The van der Waals surface area contributed by atoms with E-state index in [0.29, 0.717) is 0 Å². The van der Waals surface area contributed by atoms with Gasteiger partial charge in [0.1, 0.15) is 5.25 Å². The first kappa shape index (κ1) is 9.98. The third kappa shape index (κ3) is 1.17. The molecule has 1 heterocycles. The Morgan fingerprint density at radius 1 is 1.25 bits per heavy atom. The van der Waals surface area contributed by atoms with Crippen LogP contribution in [0.5, 0.6) is 0 Å². The Labute approximate surface area is 71.4 Å². The normalized spacial score (nSPS) is 46.2. The van der Waals surface area contributed by atoms with Crippen molar-refractivity contribution in [1.29, 1.82) is 0 Å². The van der Waals surface area contributed by atoms with E-state index in [-0.39, 0.29) is 0 Å². The van der Waals surface area contributed by atoms with E-state index in [9.17, 15) is 8.42 Å². The van der Waals surface area contributed by atoms with Gasteiger partial charge >= 0.3 is 0 Å². The average Bonchev–Trinajstić information content (AvgIpc) is 2.13. The number of sulfone groups is 1. The number of hydrogen-bond donors (Lipinski definition) is 3. The molecule has 4 atom stereocenters. The summed E-state index contributed by atoms with van der Waals surface area (Å²) in [5.74, 6) is 0. The van der Waals surface area contributed by atoms with Gasteiger partial charge < -0.3 is 15.3 Å². The van der Waals surface area contributed by atoms with Crippen molar-refractivity contribution < 1.29 is 23.7 Å². The largest absolute Gasteiger partial charge is 0.395 e. The SMILES string of the molecule is [B]C1C(O)C(O)C(CO)S1(=O)=O. The summed E-state index contributed by atoms with van der Waals surface area (Å²) in [6.07, 6.45) is -3.00. The zero-order valence-corrected chi connectivity index (χ0v) is 6.98. The van der Waals surface area contributed by atoms with E-state index in [2.05, 4.69) is 0 Å². The Morgan fingerprint density at radius 2 is 1.75 bits per heavy atom. The maximum Gasteiger partial charge on any atom is 0.155 e. The highest BCUT2D eigenvalue weighted by Gasteiger charge is 2.50. The lowest BCUT2D eigenvalue weighted by molar-refractivity contribution is 0.0282. The molecule has 0 aliphatic carbocycles. The van der Waals surface area contributed by atoms with E-state index in [1.807, 2.05) is 0 Å². The van der Waals surface area contributed by atoms with Gasteiger partial charge in [-0.3, -0.25) is 0 Å². The smallest absolute Gasteiger partial charge is 0.155 e. The van der Waals surface area contributed by atoms with Crippen molar-refractivity contribution in [2.75, 3.05) is 6.61 Å². The van der Waals surface area contributed by atoms with Crippen LogP contribution in [0.15, 0.2) is 0 Å². The third-order valence-corrected chi connectivity index (χ3v) is 4.36. The van der Waals surface area contributed by atoms with Gasteiger partial charge in [-0.15, -0.1) is 0 Å². The van der Waals surface area contributed by atoms with E-state index in [0.717, 1.165) is 0 Å². The van der Waals surface area contributed by atoms with Crippen molar-refractivity contribution in [3.63, 3.8) is 0 Å². The van der Waals surface area contributed by atoms with Gasteiger partial charge in [0.2, 0.25) is 0 Å². The van der Waals surface area contributed by atoms with E-state index < -0.39 is 39.1 Å². The summed E-state index contributed by atoms with van der Waals surface area (Å²) in [5, 5.41) is 23.9. The van der Waals surface area contributed by atoms with Gasteiger partial charge in [0.15, 0.2) is 9.84 Å². The molecule has 0 spiro atoms. The standard InChI is InChI=1S/C5H9BO5S/c6-5-4(9)3(8)2(1-7)12(5,10)11/h2-5,7-9H,1H2. The van der Waals surface area contributed by atoms with Crippen LogP contribution in [0.1, 0.15) is 0 Å². The fourth-order valence-electron chi connectivity index (χ4n) is 1.22. The molecule has 5 nitrogen and oxygen atoms in total. The fourth-order valence-corrected chi connectivity index (χ4v) is 2.93. The van der Waals surface area contributed by atoms with E-state index in [1.54, 1.807) is 0 Å². The van der Waals surface area contributed by atoms with Gasteiger partial charge in [-0.25, -0.2) is 8.42 Å². The molecule has 3 N–H and O–H groups in total. The summed E-state index contributed by atoms with van der Waals surface area (Å²) in [4.78, 5) is 0. The lowest BCUT2D eigenvalue weighted by Crippen LogP contribution is -2.34. The summed E-state index contributed by atoms with van der Waals surface area (Å²) < 4.78 is 22.3. The monoisotopic (exact) mass is 192 g/mol. The van der Waals surface area contributed by atoms with Crippen LogP contribution in [0.4, 0.5) is 0 Å². The highest BCUT2D eigenvalue weighted by atomic mass is 32.2. The Hall–Kier alpha value is -0.105. The summed E-state index contributed by atoms with van der Waals surface area (Å²) >= 11 is 0. The second kappa shape index (κ2) is 2.99. The molecule has 1 aliphatic heterocycles. The van der Waals surface area contributed by atoms with Crippen molar-refractivity contribution in [2.45, 2.75) is 22.6 Å². The van der Waals surface area contributed by atoms with Crippen LogP contribution < -0.4 is 0 Å². The van der Waals surface area contributed by atoms with E-state index >= 15 is 0 Å². The van der Waals surface area contributed by atoms with Crippen LogP contribution in [-0.2, 0) is 9.84 Å². The first-order valence-electron chi connectivity index (χ1n) is 3.38. The molecule has 7 heteroatoms. The molecule has 0 bridgehead atoms. The maximum atomic E-state index is 11.1. The summed E-state index contributed by atoms with van der Waals surface area (Å²) in [5.41, 5.74) is 0. The van der Waals surface area contributed by atoms with Crippen LogP contribution in [0.2, 0.25) is 0 Å². The van der Waals surface area contributed by atoms with Gasteiger partial charge in [-0.2, -0.15) is 0 Å². The van der Waals surface area contributed by atoms with Crippen molar-refractivity contribution >= 4 is 17.7 Å². The molecule has 0 aromatic rings. The highest BCUT2D eigenvalue weighted by Crippen LogP contribution is 2.25. The molecule has 1 rings (SSSR count). The van der Waals surface area contributed by atoms with Crippen LogP contribution in [-0.4, -0.2) is 60.8 Å². The topological polar surface area (TPSA) is 94.8 Å². The Bertz CT molecular complexity index is 263. The summed E-state index contributed by atoms with van der Waals surface area (Å²) in [6, 6.07) is 0. The fraction of sp³-hybridized carbons (Fsp3) is 1.00. The predicted octanol–water partition coefficient (Wildman–Crippen LogP) is -3.01. The molecule has 1 aliphatic rings. The molecular weight excluding hydrogens is 183 g/mol. The molecular formula is C5H9BO5S. The van der Waals surface area contributed by atoms with E-state index in [1.165, 1.54) is 0 Å². The minimum atomic E-state index is -3.79. The Morgan fingerprint density at radius 3 is 1.92 bits per heavy atom. The molecule has 4 unspecified atom stereocenters. The zero-order valence-electron chi connectivity index (χ0n) is 6.16. The number of rotatable bonds is 1. The number of hydrogen-bond acceptors (Lipinski definition) is 5. The third-order valence-electron chi connectivity index (χ3n) is 2.05. The summed E-state index contributed by atoms with van der Waals surface area (Å²) in [7, 11) is 1.32. The predicted molar refractivity (Wildman–Crippen MR) is 41.3 cm³/mol. The second-order valence-corrected chi connectivity index (χ2v) is 5.08. The van der Waals surface area contributed by atoms with Gasteiger partial charge in [0, 0.05) is 0 Å². The van der Waals surface area contributed by atoms with Gasteiger partial charge in [0.05, 0.1) is 31.8 Å². The highest BCUT2D eigenvalue weighted by molar-refractivity contribution is 7.94. The molecule has 1 fully saturated rings. The lowest BCUT2D eigenvalue weighted by atomic mass is 9.94. The number of aliphatic hydroxyl groups excluding tert-OH is 3. The molecule has 0 saturated carbocycles. The average molecular weight is 192 g/mol. The van der Waals surface area contributed by atoms with Gasteiger partial charge in [-0.05, 0) is 0 Å². The summed E-state index contributed by atoms with van der Waals surface area (Å²) in [6.45, 7) is -0.728. The minimum Gasteiger partial charge on any atom is -0.395 e. The van der Waals surface area contributed by atoms with Gasteiger partial charge in [-0.1, -0.05) is 0 Å². The Kier molecular flexibility index (Phi) is 2.48. The van der Waals surface area contributed by atoms with Gasteiger partial charge in [0.25, 0.3) is 0 Å². The molecule has 0 aromatic heterocycles. The minimum absolute atomic E-state index is 0.728. The first-order valence-corrected chi connectivity index (χ1v) is 4.99. The van der Waals surface area contributed by atoms with Crippen LogP contribution in [0.25, 0.3) is 0 Å². The Balaban J connectivity index is 3.05. The molecule has 68 valence electrons. The molecule has 0 aromatic carbocycles. The van der Waals surface area contributed by atoms with Crippen molar-refractivity contribution in [2.24, 2.45) is 0 Å². The molecule has 0 amide bonds. The molecule has 2 radical (unpaired) electrons. The van der Waals surface area contributed by atoms with E-state index in [4.69, 9.17) is 23.2 Å². The lowest BCUT2D eigenvalue weighted by Gasteiger charge is -2.11. The quantitative estimate of drug-likeness (QED) is 0.384. The van der Waals surface area contributed by atoms with Crippen LogP contribution in [0.3, 0.4) is 0 Å². The van der Waals surface area contributed by atoms with Crippen molar-refractivity contribution in [3.8, 4) is 0 Å². The first-order chi connectivity index (χ1) is 5.42. The zero-order chi connectivity index (χ0) is 9.52. The molecule has 12 heavy (non-hydrogen) atoms. The van der Waals surface area contributed by atoms with Crippen molar-refractivity contribution in [1.82, 2.24) is 0 Å². The van der Waals surface area contributed by atoms with Crippen LogP contribution >= 0.6 is 0 Å². The van der Waals surface area contributed by atoms with Crippen molar-refractivity contribution in [3.05, 3.63) is 0 Å². The van der Waals surface area contributed by atoms with Crippen LogP contribution in [0, 0.1) is 0 Å². The maximum absolute atomic E-state index is 11.1.